The van der Waals surface area contributed by atoms with Gasteiger partial charge < -0.3 is 4.74 Å². The van der Waals surface area contributed by atoms with Crippen LogP contribution in [0.5, 0.6) is 0 Å². The first-order chi connectivity index (χ1) is 9.83. The summed E-state index contributed by atoms with van der Waals surface area (Å²) in [6.45, 7) is 2.18. The summed E-state index contributed by atoms with van der Waals surface area (Å²) >= 11 is 0. The van der Waals surface area contributed by atoms with Crippen LogP contribution in [-0.2, 0) is 20.3 Å². The Morgan fingerprint density at radius 3 is 2.48 bits per heavy atom. The van der Waals surface area contributed by atoms with Crippen LogP contribution in [-0.4, -0.2) is 26.7 Å². The van der Waals surface area contributed by atoms with E-state index in [2.05, 4.69) is 6.92 Å². The molecule has 0 radical (unpaired) electrons. The van der Waals surface area contributed by atoms with Crippen molar-refractivity contribution in [3.05, 3.63) is 35.4 Å². The fourth-order valence-electron chi connectivity index (χ4n) is 2.74. The summed E-state index contributed by atoms with van der Waals surface area (Å²) in [7, 11) is -3.06. The van der Waals surface area contributed by atoms with E-state index in [0.29, 0.717) is 17.0 Å². The van der Waals surface area contributed by atoms with Gasteiger partial charge in [-0.25, -0.2) is 13.2 Å². The standard InChI is InChI=1S/C16H22O4S/c1-12-4-3-5-15(10-12)20-16(17)14-8-6-13(7-9-14)11-21(2,18)19/h6-9,12,15H,3-5,10-11H2,1-2H3. The lowest BCUT2D eigenvalue weighted by Gasteiger charge is -2.26. The average molecular weight is 310 g/mol. The van der Waals surface area contributed by atoms with Crippen molar-refractivity contribution in [1.82, 2.24) is 0 Å². The van der Waals surface area contributed by atoms with Gasteiger partial charge in [-0.3, -0.25) is 0 Å². The van der Waals surface area contributed by atoms with Crippen molar-refractivity contribution >= 4 is 15.8 Å². The second kappa shape index (κ2) is 6.60. The van der Waals surface area contributed by atoms with Gasteiger partial charge in [-0.1, -0.05) is 25.5 Å². The predicted octanol–water partition coefficient (Wildman–Crippen LogP) is 2.97. The molecule has 1 aliphatic carbocycles. The monoisotopic (exact) mass is 310 g/mol. The van der Waals surface area contributed by atoms with E-state index >= 15 is 0 Å². The van der Waals surface area contributed by atoms with Crippen LogP contribution < -0.4 is 0 Å². The molecule has 116 valence electrons. The number of carbonyl (C=O) groups is 1. The number of hydrogen-bond donors (Lipinski definition) is 0. The van der Waals surface area contributed by atoms with E-state index in [0.717, 1.165) is 19.3 Å². The molecular formula is C16H22O4S. The lowest BCUT2D eigenvalue weighted by molar-refractivity contribution is 0.0155. The smallest absolute Gasteiger partial charge is 0.338 e. The summed E-state index contributed by atoms with van der Waals surface area (Å²) in [5, 5.41) is 0. The minimum Gasteiger partial charge on any atom is -0.459 e. The van der Waals surface area contributed by atoms with Crippen molar-refractivity contribution in [2.75, 3.05) is 6.26 Å². The third-order valence-corrected chi connectivity index (χ3v) is 4.64. The first-order valence-corrected chi connectivity index (χ1v) is 9.37. The van der Waals surface area contributed by atoms with Gasteiger partial charge in [0.15, 0.2) is 9.84 Å². The van der Waals surface area contributed by atoms with E-state index in [1.54, 1.807) is 24.3 Å². The van der Waals surface area contributed by atoms with Gasteiger partial charge in [-0.05, 0) is 42.9 Å². The summed E-state index contributed by atoms with van der Waals surface area (Å²) in [6, 6.07) is 6.60. The number of carbonyl (C=O) groups excluding carboxylic acids is 1. The molecule has 2 rings (SSSR count). The zero-order chi connectivity index (χ0) is 15.5. The van der Waals surface area contributed by atoms with Crippen LogP contribution in [0.4, 0.5) is 0 Å². The Kier molecular flexibility index (Phi) is 5.04. The zero-order valence-corrected chi connectivity index (χ0v) is 13.4. The molecule has 0 aliphatic heterocycles. The highest BCUT2D eigenvalue weighted by molar-refractivity contribution is 7.89. The van der Waals surface area contributed by atoms with Crippen LogP contribution in [0.3, 0.4) is 0 Å². The van der Waals surface area contributed by atoms with Crippen molar-refractivity contribution < 1.29 is 17.9 Å². The van der Waals surface area contributed by atoms with Gasteiger partial charge >= 0.3 is 5.97 Å². The van der Waals surface area contributed by atoms with E-state index < -0.39 is 9.84 Å². The van der Waals surface area contributed by atoms with Gasteiger partial charge in [0, 0.05) is 6.26 Å². The van der Waals surface area contributed by atoms with Crippen LogP contribution in [0.25, 0.3) is 0 Å². The van der Waals surface area contributed by atoms with Crippen LogP contribution in [0.1, 0.15) is 48.5 Å². The molecule has 0 N–H and O–H groups in total. The highest BCUT2D eigenvalue weighted by atomic mass is 32.2. The van der Waals surface area contributed by atoms with Crippen molar-refractivity contribution in [2.45, 2.75) is 44.5 Å². The van der Waals surface area contributed by atoms with Gasteiger partial charge in [0.05, 0.1) is 11.3 Å². The molecule has 1 fully saturated rings. The number of esters is 1. The Bertz CT molecular complexity index is 589. The number of ether oxygens (including phenoxy) is 1. The Hall–Kier alpha value is -1.36. The van der Waals surface area contributed by atoms with Crippen LogP contribution in [0, 0.1) is 5.92 Å². The van der Waals surface area contributed by atoms with Crippen LogP contribution >= 0.6 is 0 Å². The van der Waals surface area contributed by atoms with Gasteiger partial charge in [0.2, 0.25) is 0 Å². The normalized spacial score (nSPS) is 22.8. The Labute approximate surface area is 126 Å². The largest absolute Gasteiger partial charge is 0.459 e. The molecule has 1 aromatic rings. The molecule has 4 nitrogen and oxygen atoms in total. The molecule has 0 saturated heterocycles. The zero-order valence-electron chi connectivity index (χ0n) is 12.5. The average Bonchev–Trinajstić information content (AvgIpc) is 2.37. The summed E-state index contributed by atoms with van der Waals surface area (Å²) in [6.07, 6.45) is 5.37. The molecule has 0 amide bonds. The fourth-order valence-corrected chi connectivity index (χ4v) is 3.54. The molecule has 1 saturated carbocycles. The molecular weight excluding hydrogens is 288 g/mol. The molecule has 0 aromatic heterocycles. The Balaban J connectivity index is 1.96. The molecule has 21 heavy (non-hydrogen) atoms. The maximum atomic E-state index is 12.1. The van der Waals surface area contributed by atoms with Crippen molar-refractivity contribution in [3.63, 3.8) is 0 Å². The minimum absolute atomic E-state index is 0.0111. The van der Waals surface area contributed by atoms with Gasteiger partial charge in [-0.2, -0.15) is 0 Å². The molecule has 1 aliphatic rings. The quantitative estimate of drug-likeness (QED) is 0.802. The second-order valence-corrected chi connectivity index (χ2v) is 8.21. The summed E-state index contributed by atoms with van der Waals surface area (Å²) in [4.78, 5) is 12.1. The number of sulfone groups is 1. The van der Waals surface area contributed by atoms with E-state index in [-0.39, 0.29) is 17.8 Å². The molecule has 0 spiro atoms. The number of rotatable bonds is 4. The molecule has 2 atom stereocenters. The Morgan fingerprint density at radius 1 is 1.24 bits per heavy atom. The van der Waals surface area contributed by atoms with E-state index in [1.807, 2.05) is 0 Å². The lowest BCUT2D eigenvalue weighted by atomic mass is 9.89. The SMILES string of the molecule is CC1CCCC(OC(=O)c2ccc(CS(C)(=O)=O)cc2)C1. The topological polar surface area (TPSA) is 60.4 Å². The van der Waals surface area contributed by atoms with Crippen molar-refractivity contribution in [3.8, 4) is 0 Å². The summed E-state index contributed by atoms with van der Waals surface area (Å²) in [5.41, 5.74) is 1.16. The minimum atomic E-state index is -3.06. The van der Waals surface area contributed by atoms with E-state index in [4.69, 9.17) is 4.74 Å². The lowest BCUT2D eigenvalue weighted by Crippen LogP contribution is -2.24. The van der Waals surface area contributed by atoms with Gasteiger partial charge in [0.1, 0.15) is 6.10 Å². The maximum absolute atomic E-state index is 12.1. The summed E-state index contributed by atoms with van der Waals surface area (Å²) in [5.74, 6) is 0.274. The molecule has 5 heteroatoms. The van der Waals surface area contributed by atoms with Gasteiger partial charge in [0.25, 0.3) is 0 Å². The van der Waals surface area contributed by atoms with Crippen molar-refractivity contribution in [2.24, 2.45) is 5.92 Å². The third-order valence-electron chi connectivity index (χ3n) is 3.78. The van der Waals surface area contributed by atoms with Crippen molar-refractivity contribution in [1.29, 1.82) is 0 Å². The van der Waals surface area contributed by atoms with E-state index in [1.165, 1.54) is 12.7 Å². The highest BCUT2D eigenvalue weighted by Gasteiger charge is 2.22. The van der Waals surface area contributed by atoms with Gasteiger partial charge in [-0.15, -0.1) is 0 Å². The third kappa shape index (κ3) is 5.16. The fraction of sp³-hybridized carbons (Fsp3) is 0.562. The van der Waals surface area contributed by atoms with E-state index in [9.17, 15) is 13.2 Å². The number of hydrogen-bond acceptors (Lipinski definition) is 4. The summed E-state index contributed by atoms with van der Waals surface area (Å²) < 4.78 is 28.0. The molecule has 2 unspecified atom stereocenters. The highest BCUT2D eigenvalue weighted by Crippen LogP contribution is 2.26. The Morgan fingerprint density at radius 2 is 1.90 bits per heavy atom. The molecule has 0 bridgehead atoms. The first kappa shape index (κ1) is 16.0. The van der Waals surface area contributed by atoms with Crippen LogP contribution in [0.15, 0.2) is 24.3 Å². The second-order valence-electron chi connectivity index (χ2n) is 6.07. The maximum Gasteiger partial charge on any atom is 0.338 e. The van der Waals surface area contributed by atoms with Crippen LogP contribution in [0.2, 0.25) is 0 Å². The predicted molar refractivity (Wildman–Crippen MR) is 81.8 cm³/mol. The number of benzene rings is 1. The molecule has 1 aromatic carbocycles. The molecule has 0 heterocycles. The first-order valence-electron chi connectivity index (χ1n) is 7.31.